The van der Waals surface area contributed by atoms with Crippen molar-refractivity contribution in [3.63, 3.8) is 0 Å². The topological polar surface area (TPSA) is 106 Å². The van der Waals surface area contributed by atoms with Gasteiger partial charge in [-0.25, -0.2) is 14.4 Å². The lowest BCUT2D eigenvalue weighted by Gasteiger charge is -2.23. The van der Waals surface area contributed by atoms with E-state index in [2.05, 4.69) is 4.98 Å². The number of aromatic nitrogens is 3. The third kappa shape index (κ3) is 4.41. The third-order valence-corrected chi connectivity index (χ3v) is 7.56. The molecule has 3 N–H and O–H groups in total. The van der Waals surface area contributed by atoms with Gasteiger partial charge in [0.05, 0.1) is 17.4 Å². The molecule has 1 aliphatic carbocycles. The van der Waals surface area contributed by atoms with Gasteiger partial charge in [-0.3, -0.25) is 4.79 Å². The van der Waals surface area contributed by atoms with E-state index in [-0.39, 0.29) is 29.7 Å². The Morgan fingerprint density at radius 3 is 2.55 bits per heavy atom. The number of piperidine rings is 1. The van der Waals surface area contributed by atoms with Crippen molar-refractivity contribution in [2.45, 2.75) is 38.5 Å². The van der Waals surface area contributed by atoms with Crippen molar-refractivity contribution in [1.29, 1.82) is 0 Å². The summed E-state index contributed by atoms with van der Waals surface area (Å²) < 4.78 is 21.6. The van der Waals surface area contributed by atoms with Gasteiger partial charge >= 0.3 is 0 Å². The zero-order valence-electron chi connectivity index (χ0n) is 21.5. The van der Waals surface area contributed by atoms with Crippen molar-refractivity contribution < 1.29 is 19.0 Å². The second kappa shape index (κ2) is 8.89. The van der Waals surface area contributed by atoms with Crippen LogP contribution in [0.2, 0.25) is 0 Å². The molecule has 6 rings (SSSR count). The summed E-state index contributed by atoms with van der Waals surface area (Å²) in [4.78, 5) is 24.1. The van der Waals surface area contributed by atoms with Gasteiger partial charge in [-0.1, -0.05) is 0 Å². The number of carbonyl (C=O) groups excluding carboxylic acids is 1. The molecule has 4 aromatic rings. The number of nitrogens with zero attached hydrogens (tertiary/aromatic N) is 4. The number of aliphatic hydroxyl groups excluding tert-OH is 1. The van der Waals surface area contributed by atoms with E-state index in [1.54, 1.807) is 48.1 Å². The molecule has 0 bridgehead atoms. The molecule has 8 nitrogen and oxygen atoms in total. The summed E-state index contributed by atoms with van der Waals surface area (Å²) in [6, 6.07) is 11.7. The van der Waals surface area contributed by atoms with Crippen LogP contribution in [0.25, 0.3) is 16.9 Å². The Labute approximate surface area is 219 Å². The van der Waals surface area contributed by atoms with Crippen LogP contribution in [0.4, 0.5) is 4.39 Å². The summed E-state index contributed by atoms with van der Waals surface area (Å²) in [5.74, 6) is 0.537. The Bertz CT molecular complexity index is 1510. The number of rotatable bonds is 6. The van der Waals surface area contributed by atoms with E-state index in [9.17, 15) is 14.3 Å². The monoisotopic (exact) mass is 515 g/mol. The molecule has 4 heterocycles. The lowest BCUT2D eigenvalue weighted by molar-refractivity contribution is 0.0750. The van der Waals surface area contributed by atoms with Crippen LogP contribution < -0.4 is 10.5 Å². The highest BCUT2D eigenvalue weighted by atomic mass is 19.1. The molecule has 3 aromatic heterocycles. The molecular weight excluding hydrogens is 485 g/mol. The van der Waals surface area contributed by atoms with Gasteiger partial charge in [0, 0.05) is 66.2 Å². The fourth-order valence-corrected chi connectivity index (χ4v) is 5.33. The first-order chi connectivity index (χ1) is 18.1. The molecule has 1 aliphatic heterocycles. The van der Waals surface area contributed by atoms with E-state index in [0.29, 0.717) is 41.4 Å². The molecular formula is C29H30FN5O3. The zero-order valence-corrected chi connectivity index (χ0v) is 21.5. The Kier molecular flexibility index (Phi) is 5.73. The lowest BCUT2D eigenvalue weighted by Crippen LogP contribution is -2.33. The van der Waals surface area contributed by atoms with Gasteiger partial charge < -0.3 is 24.9 Å². The SMILES string of the molecule is CC(O)c1cc(C(=O)N2C[C@@H]3C(Oc4cc(C(C)(C)N)cc(-c5ccc(F)cc5)n4)[C@@H]3C2)cn2ccnc12. The minimum atomic E-state index is -0.737. The van der Waals surface area contributed by atoms with Crippen molar-refractivity contribution in [2.75, 3.05) is 13.1 Å². The van der Waals surface area contributed by atoms with Gasteiger partial charge in [0.15, 0.2) is 0 Å². The third-order valence-electron chi connectivity index (χ3n) is 7.56. The minimum absolute atomic E-state index is 0.0343. The fourth-order valence-electron chi connectivity index (χ4n) is 5.33. The number of hydrogen-bond donors (Lipinski definition) is 2. The van der Waals surface area contributed by atoms with Crippen molar-refractivity contribution in [1.82, 2.24) is 19.3 Å². The summed E-state index contributed by atoms with van der Waals surface area (Å²) in [6.07, 6.45) is 4.41. The number of imidazole rings is 1. The number of nitrogens with two attached hydrogens (primary N) is 1. The molecule has 0 radical (unpaired) electrons. The lowest BCUT2D eigenvalue weighted by atomic mass is 9.95. The van der Waals surface area contributed by atoms with E-state index in [1.165, 1.54) is 12.1 Å². The number of hydrogen-bond acceptors (Lipinski definition) is 6. The summed E-state index contributed by atoms with van der Waals surface area (Å²) in [5, 5.41) is 10.2. The molecule has 1 saturated heterocycles. The maximum atomic E-state index is 13.5. The average Bonchev–Trinajstić information content (AvgIpc) is 3.23. The number of pyridine rings is 2. The Morgan fingerprint density at radius 1 is 1.18 bits per heavy atom. The van der Waals surface area contributed by atoms with Crippen molar-refractivity contribution in [2.24, 2.45) is 17.6 Å². The smallest absolute Gasteiger partial charge is 0.255 e. The van der Waals surface area contributed by atoms with E-state index in [4.69, 9.17) is 15.5 Å². The number of likely N-dealkylation sites (tertiary alicyclic amines) is 1. The van der Waals surface area contributed by atoms with Crippen LogP contribution in [0.5, 0.6) is 5.88 Å². The second-order valence-electron chi connectivity index (χ2n) is 10.9. The first-order valence-corrected chi connectivity index (χ1v) is 12.8. The first kappa shape index (κ1) is 24.5. The molecule has 2 unspecified atom stereocenters. The summed E-state index contributed by atoms with van der Waals surface area (Å²) in [5.41, 5.74) is 9.88. The van der Waals surface area contributed by atoms with Gasteiger partial charge in [0.1, 0.15) is 17.6 Å². The molecule has 4 atom stereocenters. The van der Waals surface area contributed by atoms with Gasteiger partial charge in [0.25, 0.3) is 5.91 Å². The molecule has 0 spiro atoms. The van der Waals surface area contributed by atoms with Crippen molar-refractivity contribution >= 4 is 11.6 Å². The number of aliphatic hydroxyl groups is 1. The van der Waals surface area contributed by atoms with Crippen LogP contribution in [-0.2, 0) is 5.54 Å². The number of amides is 1. The molecule has 1 aromatic carbocycles. The van der Waals surface area contributed by atoms with Gasteiger partial charge in [-0.2, -0.15) is 0 Å². The van der Waals surface area contributed by atoms with E-state index < -0.39 is 11.6 Å². The first-order valence-electron chi connectivity index (χ1n) is 12.8. The van der Waals surface area contributed by atoms with Crippen LogP contribution in [0.1, 0.15) is 48.4 Å². The van der Waals surface area contributed by atoms with Crippen LogP contribution in [-0.4, -0.2) is 49.5 Å². The maximum absolute atomic E-state index is 13.5. The summed E-state index contributed by atoms with van der Waals surface area (Å²) in [7, 11) is 0. The predicted octanol–water partition coefficient (Wildman–Crippen LogP) is 3.93. The van der Waals surface area contributed by atoms with Crippen LogP contribution >= 0.6 is 0 Å². The maximum Gasteiger partial charge on any atom is 0.255 e. The zero-order chi connectivity index (χ0) is 26.8. The molecule has 2 aliphatic rings. The van der Waals surface area contributed by atoms with Gasteiger partial charge in [-0.15, -0.1) is 0 Å². The van der Waals surface area contributed by atoms with E-state index >= 15 is 0 Å². The molecule has 1 saturated carbocycles. The van der Waals surface area contributed by atoms with Gasteiger partial charge in [0.2, 0.25) is 5.88 Å². The highest BCUT2D eigenvalue weighted by Crippen LogP contribution is 2.48. The highest BCUT2D eigenvalue weighted by molar-refractivity contribution is 5.95. The summed E-state index contributed by atoms with van der Waals surface area (Å²) in [6.45, 7) is 6.68. The minimum Gasteiger partial charge on any atom is -0.474 e. The highest BCUT2D eigenvalue weighted by Gasteiger charge is 2.59. The molecule has 196 valence electrons. The van der Waals surface area contributed by atoms with Crippen LogP contribution in [0.15, 0.2) is 61.1 Å². The number of fused-ring (bicyclic) bond motifs is 2. The van der Waals surface area contributed by atoms with E-state index in [0.717, 1.165) is 11.1 Å². The molecule has 2 fully saturated rings. The Morgan fingerprint density at radius 2 is 1.89 bits per heavy atom. The normalized spacial score (nSPS) is 21.4. The number of halogens is 1. The Hall–Kier alpha value is -3.82. The number of benzene rings is 1. The Balaban J connectivity index is 1.18. The fraction of sp³-hybridized carbons (Fsp3) is 0.345. The number of ether oxygens (including phenoxy) is 1. The van der Waals surface area contributed by atoms with Crippen molar-refractivity contribution in [3.05, 3.63) is 83.6 Å². The van der Waals surface area contributed by atoms with Crippen molar-refractivity contribution in [3.8, 4) is 17.1 Å². The second-order valence-corrected chi connectivity index (χ2v) is 10.9. The standard InChI is InChI=1S/C29H30FN5O3/c1-16(36)21-10-18(13-34-9-8-32-27(21)34)28(37)35-14-22-23(15-35)26(22)38-25-12-19(29(2,3)31)11-24(33-25)17-4-6-20(30)7-5-17/h4-13,16,22-23,26,36H,14-15,31H2,1-3H3/t16?,22-,23+,26?. The molecule has 9 heteroatoms. The average molecular weight is 516 g/mol. The van der Waals surface area contributed by atoms with Crippen LogP contribution in [0, 0.1) is 17.7 Å². The van der Waals surface area contributed by atoms with Gasteiger partial charge in [-0.05, 0) is 62.7 Å². The summed E-state index contributed by atoms with van der Waals surface area (Å²) >= 11 is 0. The van der Waals surface area contributed by atoms with E-state index in [1.807, 2.05) is 30.9 Å². The van der Waals surface area contributed by atoms with Crippen LogP contribution in [0.3, 0.4) is 0 Å². The number of carbonyl (C=O) groups is 1. The molecule has 1 amide bonds. The molecule has 38 heavy (non-hydrogen) atoms. The largest absolute Gasteiger partial charge is 0.474 e. The predicted molar refractivity (Wildman–Crippen MR) is 140 cm³/mol. The quantitative estimate of drug-likeness (QED) is 0.403.